The third-order valence-electron chi connectivity index (χ3n) is 4.81. The van der Waals surface area contributed by atoms with Crippen LogP contribution in [0.1, 0.15) is 16.7 Å². The highest BCUT2D eigenvalue weighted by Gasteiger charge is 2.27. The Hall–Kier alpha value is -2.73. The molecule has 2 aliphatic heterocycles. The number of hydrogen-bond acceptors (Lipinski definition) is 4. The number of amides is 2. The summed E-state index contributed by atoms with van der Waals surface area (Å²) in [5.74, 6) is 1.32. The highest BCUT2D eigenvalue weighted by molar-refractivity contribution is 6.03. The SMILES string of the molecule is COc1cc2c(cc1OC)N(C(=O)Nc1ccc3c(c1)CNC3)CC2. The molecule has 0 aliphatic carbocycles. The van der Waals surface area contributed by atoms with E-state index in [1.54, 1.807) is 19.1 Å². The van der Waals surface area contributed by atoms with E-state index in [-0.39, 0.29) is 6.03 Å². The summed E-state index contributed by atoms with van der Waals surface area (Å²) >= 11 is 0. The number of carbonyl (C=O) groups excluding carboxylic acids is 1. The molecule has 4 rings (SSSR count). The lowest BCUT2D eigenvalue weighted by molar-refractivity contribution is 0.257. The first-order chi connectivity index (χ1) is 12.2. The molecule has 0 saturated heterocycles. The molecule has 0 fully saturated rings. The van der Waals surface area contributed by atoms with E-state index >= 15 is 0 Å². The predicted octanol–water partition coefficient (Wildman–Crippen LogP) is 2.90. The van der Waals surface area contributed by atoms with Crippen LogP contribution >= 0.6 is 0 Å². The second-order valence-electron chi connectivity index (χ2n) is 6.25. The van der Waals surface area contributed by atoms with Gasteiger partial charge in [-0.15, -0.1) is 0 Å². The third-order valence-corrected chi connectivity index (χ3v) is 4.81. The molecule has 25 heavy (non-hydrogen) atoms. The number of anilines is 2. The van der Waals surface area contributed by atoms with Gasteiger partial charge in [-0.2, -0.15) is 0 Å². The Morgan fingerprint density at radius 3 is 2.60 bits per heavy atom. The number of methoxy groups -OCH3 is 2. The molecule has 2 aromatic carbocycles. The smallest absolute Gasteiger partial charge is 0.326 e. The van der Waals surface area contributed by atoms with E-state index in [2.05, 4.69) is 16.7 Å². The summed E-state index contributed by atoms with van der Waals surface area (Å²) in [5, 5.41) is 6.32. The minimum atomic E-state index is -0.128. The number of hydrogen-bond donors (Lipinski definition) is 2. The maximum atomic E-state index is 12.8. The van der Waals surface area contributed by atoms with Crippen molar-refractivity contribution in [1.29, 1.82) is 0 Å². The molecule has 2 aromatic rings. The average Bonchev–Trinajstić information content (AvgIpc) is 3.26. The number of urea groups is 1. The lowest BCUT2D eigenvalue weighted by atomic mass is 10.1. The molecule has 0 saturated carbocycles. The van der Waals surface area contributed by atoms with Gasteiger partial charge in [-0.3, -0.25) is 4.90 Å². The number of ether oxygens (including phenoxy) is 2. The molecule has 2 N–H and O–H groups in total. The van der Waals surface area contributed by atoms with E-state index in [0.717, 1.165) is 36.4 Å². The van der Waals surface area contributed by atoms with Crippen LogP contribution in [-0.2, 0) is 19.5 Å². The van der Waals surface area contributed by atoms with Crippen molar-refractivity contribution in [2.24, 2.45) is 0 Å². The first-order valence-corrected chi connectivity index (χ1v) is 8.35. The molecule has 2 aliphatic rings. The minimum Gasteiger partial charge on any atom is -0.493 e. The Morgan fingerprint density at radius 1 is 1.04 bits per heavy atom. The van der Waals surface area contributed by atoms with Crippen LogP contribution in [0.25, 0.3) is 0 Å². The maximum Gasteiger partial charge on any atom is 0.326 e. The third kappa shape index (κ3) is 2.78. The van der Waals surface area contributed by atoms with Crippen LogP contribution in [0.3, 0.4) is 0 Å². The van der Waals surface area contributed by atoms with Crippen molar-refractivity contribution < 1.29 is 14.3 Å². The van der Waals surface area contributed by atoms with Gasteiger partial charge in [-0.1, -0.05) is 6.07 Å². The van der Waals surface area contributed by atoms with E-state index in [1.807, 2.05) is 24.3 Å². The van der Waals surface area contributed by atoms with Crippen molar-refractivity contribution >= 4 is 17.4 Å². The zero-order valence-corrected chi connectivity index (χ0v) is 14.4. The van der Waals surface area contributed by atoms with Crippen LogP contribution < -0.4 is 25.0 Å². The Morgan fingerprint density at radius 2 is 1.80 bits per heavy atom. The number of nitrogens with zero attached hydrogens (tertiary/aromatic N) is 1. The van der Waals surface area contributed by atoms with Crippen molar-refractivity contribution in [2.75, 3.05) is 31.0 Å². The van der Waals surface area contributed by atoms with Gasteiger partial charge in [0.25, 0.3) is 0 Å². The highest BCUT2D eigenvalue weighted by Crippen LogP contribution is 2.38. The fourth-order valence-electron chi connectivity index (χ4n) is 3.49. The second-order valence-corrected chi connectivity index (χ2v) is 6.25. The normalized spacial score (nSPS) is 14.9. The second kappa shape index (κ2) is 6.29. The summed E-state index contributed by atoms with van der Waals surface area (Å²) in [6, 6.07) is 9.75. The minimum absolute atomic E-state index is 0.128. The quantitative estimate of drug-likeness (QED) is 0.903. The molecule has 0 spiro atoms. The number of nitrogens with one attached hydrogen (secondary N) is 2. The topological polar surface area (TPSA) is 62.8 Å². The number of fused-ring (bicyclic) bond motifs is 2. The van der Waals surface area contributed by atoms with Gasteiger partial charge >= 0.3 is 6.03 Å². The van der Waals surface area contributed by atoms with Gasteiger partial charge in [-0.25, -0.2) is 4.79 Å². The van der Waals surface area contributed by atoms with Crippen LogP contribution in [0.4, 0.5) is 16.2 Å². The largest absolute Gasteiger partial charge is 0.493 e. The van der Waals surface area contributed by atoms with Gasteiger partial charge in [0.1, 0.15) is 0 Å². The number of rotatable bonds is 3. The molecule has 0 bridgehead atoms. The van der Waals surface area contributed by atoms with Gasteiger partial charge in [0.15, 0.2) is 11.5 Å². The maximum absolute atomic E-state index is 12.8. The summed E-state index contributed by atoms with van der Waals surface area (Å²) in [7, 11) is 3.22. The Labute approximate surface area is 146 Å². The molecule has 6 nitrogen and oxygen atoms in total. The monoisotopic (exact) mass is 339 g/mol. The molecule has 2 heterocycles. The highest BCUT2D eigenvalue weighted by atomic mass is 16.5. The summed E-state index contributed by atoms with van der Waals surface area (Å²) in [4.78, 5) is 14.5. The van der Waals surface area contributed by atoms with E-state index < -0.39 is 0 Å². The van der Waals surface area contributed by atoms with Crippen molar-refractivity contribution in [3.8, 4) is 11.5 Å². The van der Waals surface area contributed by atoms with Gasteiger partial charge in [-0.05, 0) is 41.3 Å². The Bertz CT molecular complexity index is 835. The van der Waals surface area contributed by atoms with Crippen LogP contribution in [0.2, 0.25) is 0 Å². The van der Waals surface area contributed by atoms with E-state index in [1.165, 1.54) is 11.1 Å². The van der Waals surface area contributed by atoms with Crippen LogP contribution in [0.5, 0.6) is 11.5 Å². The van der Waals surface area contributed by atoms with Gasteiger partial charge in [0.2, 0.25) is 0 Å². The number of carbonyl (C=O) groups is 1. The summed E-state index contributed by atoms with van der Waals surface area (Å²) in [6.07, 6.45) is 0.803. The molecule has 0 unspecified atom stereocenters. The molecule has 0 aromatic heterocycles. The van der Waals surface area contributed by atoms with Gasteiger partial charge < -0.3 is 20.1 Å². The Kier molecular flexibility index (Phi) is 3.97. The van der Waals surface area contributed by atoms with Crippen LogP contribution in [0.15, 0.2) is 30.3 Å². The molecule has 2 amide bonds. The molecular weight excluding hydrogens is 318 g/mol. The predicted molar refractivity (Wildman–Crippen MR) is 96.6 cm³/mol. The fraction of sp³-hybridized carbons (Fsp3) is 0.316. The van der Waals surface area contributed by atoms with Crippen LogP contribution in [0, 0.1) is 0 Å². The van der Waals surface area contributed by atoms with Gasteiger partial charge in [0.05, 0.1) is 19.9 Å². The van der Waals surface area contributed by atoms with E-state index in [4.69, 9.17) is 9.47 Å². The molecular formula is C19H21N3O3. The van der Waals surface area contributed by atoms with Crippen molar-refractivity contribution in [2.45, 2.75) is 19.5 Å². The first-order valence-electron chi connectivity index (χ1n) is 8.35. The van der Waals surface area contributed by atoms with Crippen molar-refractivity contribution in [3.05, 3.63) is 47.0 Å². The van der Waals surface area contributed by atoms with Crippen molar-refractivity contribution in [3.63, 3.8) is 0 Å². The number of benzene rings is 2. The van der Waals surface area contributed by atoms with Crippen LogP contribution in [-0.4, -0.2) is 26.8 Å². The zero-order valence-electron chi connectivity index (χ0n) is 14.4. The molecule has 0 atom stereocenters. The van der Waals surface area contributed by atoms with E-state index in [0.29, 0.717) is 18.0 Å². The summed E-state index contributed by atoms with van der Waals surface area (Å²) < 4.78 is 10.7. The van der Waals surface area contributed by atoms with Gasteiger partial charge in [0, 0.05) is 31.4 Å². The summed E-state index contributed by atoms with van der Waals surface area (Å²) in [6.45, 7) is 2.39. The van der Waals surface area contributed by atoms with E-state index in [9.17, 15) is 4.79 Å². The Balaban J connectivity index is 1.57. The molecule has 0 radical (unpaired) electrons. The fourth-order valence-corrected chi connectivity index (χ4v) is 3.49. The van der Waals surface area contributed by atoms with Crippen molar-refractivity contribution in [1.82, 2.24) is 5.32 Å². The molecule has 6 heteroatoms. The zero-order chi connectivity index (χ0) is 17.4. The lowest BCUT2D eigenvalue weighted by Crippen LogP contribution is -2.33. The standard InChI is InChI=1S/C19H21N3O3/c1-24-17-8-12-5-6-22(16(12)9-18(17)25-2)19(23)21-15-4-3-13-10-20-11-14(13)7-15/h3-4,7-9,20H,5-6,10-11H2,1-2H3,(H,21,23). The first kappa shape index (κ1) is 15.8. The summed E-state index contributed by atoms with van der Waals surface area (Å²) in [5.41, 5.74) is 5.32. The average molecular weight is 339 g/mol. The molecule has 130 valence electrons. The lowest BCUT2D eigenvalue weighted by Gasteiger charge is -2.19.